The van der Waals surface area contributed by atoms with Crippen molar-refractivity contribution in [2.45, 2.75) is 38.5 Å². The van der Waals surface area contributed by atoms with E-state index in [1.807, 2.05) is 28.8 Å². The number of nitrogens with two attached hydrogens (primary N) is 1. The standard InChI is InChI=1S/C28H34N8O2/c1-19-5-3-6-21(15-19)20-7-9-22(10-8-20)34-28(37)30-13-4-14-35(2)16-23-11-12-24(38-23)36-18-33-25-26(29)31-17-32-27(25)36/h3,5-10,15,17-18,23-24H,4,11-14,16H2,1-2H3,(H2,29,31,32)(H2,30,34,37). The Morgan fingerprint density at radius 3 is 2.79 bits per heavy atom. The van der Waals surface area contributed by atoms with Gasteiger partial charge in [0.25, 0.3) is 0 Å². The SMILES string of the molecule is Cc1cccc(-c2ccc(NC(=O)NCCCN(C)CC3CCC(n4cnc5c(N)ncnc54)O3)cc2)c1. The number of likely N-dealkylation sites (N-methyl/N-ethyl adjacent to an activating group) is 1. The summed E-state index contributed by atoms with van der Waals surface area (Å²) >= 11 is 0. The molecule has 10 heteroatoms. The number of carbonyl (C=O) groups is 1. The second kappa shape index (κ2) is 11.6. The molecule has 0 bridgehead atoms. The van der Waals surface area contributed by atoms with Gasteiger partial charge < -0.3 is 26.0 Å². The summed E-state index contributed by atoms with van der Waals surface area (Å²) in [5.74, 6) is 0.376. The van der Waals surface area contributed by atoms with Crippen LogP contribution in [0.3, 0.4) is 0 Å². The van der Waals surface area contributed by atoms with Crippen LogP contribution < -0.4 is 16.4 Å². The molecule has 4 N–H and O–H groups in total. The van der Waals surface area contributed by atoms with Crippen molar-refractivity contribution in [1.82, 2.24) is 29.7 Å². The van der Waals surface area contributed by atoms with Crippen LogP contribution in [0.25, 0.3) is 22.3 Å². The molecule has 198 valence electrons. The quantitative estimate of drug-likeness (QED) is 0.286. The first-order chi connectivity index (χ1) is 18.5. The lowest BCUT2D eigenvalue weighted by atomic mass is 10.0. The molecule has 1 saturated heterocycles. The van der Waals surface area contributed by atoms with Crippen molar-refractivity contribution in [1.29, 1.82) is 0 Å². The van der Waals surface area contributed by atoms with Crippen molar-refractivity contribution in [2.24, 2.45) is 0 Å². The van der Waals surface area contributed by atoms with Crippen LogP contribution in [0.5, 0.6) is 0 Å². The van der Waals surface area contributed by atoms with E-state index in [2.05, 4.69) is 68.7 Å². The number of benzene rings is 2. The molecule has 5 rings (SSSR count). The van der Waals surface area contributed by atoms with Gasteiger partial charge in [0, 0.05) is 18.8 Å². The van der Waals surface area contributed by atoms with Gasteiger partial charge >= 0.3 is 6.03 Å². The monoisotopic (exact) mass is 514 g/mol. The molecule has 0 aliphatic carbocycles. The number of urea groups is 1. The van der Waals surface area contributed by atoms with Crippen LogP contribution in [0.15, 0.2) is 61.2 Å². The molecular weight excluding hydrogens is 480 g/mol. The molecule has 2 aromatic carbocycles. The highest BCUT2D eigenvalue weighted by atomic mass is 16.5. The third kappa shape index (κ3) is 6.09. The number of hydrogen-bond acceptors (Lipinski definition) is 7. The molecule has 1 aliphatic rings. The minimum Gasteiger partial charge on any atom is -0.382 e. The van der Waals surface area contributed by atoms with Gasteiger partial charge in [-0.25, -0.2) is 19.7 Å². The number of amides is 2. The second-order valence-electron chi connectivity index (χ2n) is 9.82. The van der Waals surface area contributed by atoms with E-state index < -0.39 is 0 Å². The summed E-state index contributed by atoms with van der Waals surface area (Å²) in [7, 11) is 2.08. The molecule has 0 spiro atoms. The molecule has 10 nitrogen and oxygen atoms in total. The fraction of sp³-hybridized carbons (Fsp3) is 0.357. The molecule has 2 atom stereocenters. The molecule has 1 fully saturated rings. The minimum absolute atomic E-state index is 0.107. The first-order valence-corrected chi connectivity index (χ1v) is 13.0. The van der Waals surface area contributed by atoms with Gasteiger partial charge in [-0.15, -0.1) is 0 Å². The molecule has 3 heterocycles. The molecule has 2 unspecified atom stereocenters. The molecule has 4 aromatic rings. The van der Waals surface area contributed by atoms with Gasteiger partial charge in [-0.1, -0.05) is 42.0 Å². The van der Waals surface area contributed by atoms with Crippen molar-refractivity contribution in [3.63, 3.8) is 0 Å². The zero-order valence-electron chi connectivity index (χ0n) is 21.8. The predicted molar refractivity (Wildman–Crippen MR) is 149 cm³/mol. The zero-order valence-corrected chi connectivity index (χ0v) is 21.8. The maximum atomic E-state index is 12.3. The third-order valence-electron chi connectivity index (χ3n) is 6.79. The number of imidazole rings is 1. The van der Waals surface area contributed by atoms with Gasteiger partial charge in [-0.2, -0.15) is 0 Å². The maximum absolute atomic E-state index is 12.3. The Bertz CT molecular complexity index is 1390. The summed E-state index contributed by atoms with van der Waals surface area (Å²) < 4.78 is 8.21. The molecule has 2 aromatic heterocycles. The summed E-state index contributed by atoms with van der Waals surface area (Å²) in [6.45, 7) is 4.35. The van der Waals surface area contributed by atoms with Crippen LogP contribution in [0.4, 0.5) is 16.3 Å². The Morgan fingerprint density at radius 2 is 1.97 bits per heavy atom. The maximum Gasteiger partial charge on any atom is 0.319 e. The number of anilines is 2. The van der Waals surface area contributed by atoms with Gasteiger partial charge in [0.2, 0.25) is 0 Å². The van der Waals surface area contributed by atoms with Gasteiger partial charge in [0.15, 0.2) is 11.5 Å². The lowest BCUT2D eigenvalue weighted by molar-refractivity contribution is -0.00849. The van der Waals surface area contributed by atoms with E-state index in [1.165, 1.54) is 17.5 Å². The molecule has 1 aliphatic heterocycles. The van der Waals surface area contributed by atoms with Gasteiger partial charge in [-0.05, 0) is 63.0 Å². The van der Waals surface area contributed by atoms with Crippen LogP contribution >= 0.6 is 0 Å². The Kier molecular flexibility index (Phi) is 7.81. The predicted octanol–water partition coefficient (Wildman–Crippen LogP) is 4.21. The number of carbonyl (C=O) groups excluding carboxylic acids is 1. The molecule has 38 heavy (non-hydrogen) atoms. The van der Waals surface area contributed by atoms with Crippen molar-refractivity contribution < 1.29 is 9.53 Å². The van der Waals surface area contributed by atoms with Crippen LogP contribution in [0, 0.1) is 6.92 Å². The lowest BCUT2D eigenvalue weighted by Gasteiger charge is -2.21. The highest BCUT2D eigenvalue weighted by molar-refractivity contribution is 5.89. The molecule has 0 saturated carbocycles. The Hall–Kier alpha value is -4.02. The lowest BCUT2D eigenvalue weighted by Crippen LogP contribution is -2.34. The van der Waals surface area contributed by atoms with E-state index in [4.69, 9.17) is 10.5 Å². The summed E-state index contributed by atoms with van der Waals surface area (Å²) in [6, 6.07) is 16.1. The van der Waals surface area contributed by atoms with Crippen LogP contribution in [-0.4, -0.2) is 63.2 Å². The van der Waals surface area contributed by atoms with E-state index >= 15 is 0 Å². The fourth-order valence-corrected chi connectivity index (χ4v) is 4.84. The van der Waals surface area contributed by atoms with Crippen LogP contribution in [0.2, 0.25) is 0 Å². The Labute approximate surface area is 222 Å². The van der Waals surface area contributed by atoms with Gasteiger partial charge in [0.05, 0.1) is 12.4 Å². The van der Waals surface area contributed by atoms with E-state index in [0.29, 0.717) is 23.5 Å². The number of aryl methyl sites for hydroxylation is 1. The number of fused-ring (bicyclic) bond motifs is 1. The molecule has 0 radical (unpaired) electrons. The minimum atomic E-state index is -0.199. The van der Waals surface area contributed by atoms with Crippen LogP contribution in [0.1, 0.15) is 31.1 Å². The van der Waals surface area contributed by atoms with Gasteiger partial charge in [-0.3, -0.25) is 4.57 Å². The Morgan fingerprint density at radius 1 is 1.13 bits per heavy atom. The number of aromatic nitrogens is 4. The van der Waals surface area contributed by atoms with Crippen molar-refractivity contribution in [3.8, 4) is 11.1 Å². The molecular formula is C28H34N8O2. The summed E-state index contributed by atoms with van der Waals surface area (Å²) in [5.41, 5.74) is 11.5. The number of nitrogen functional groups attached to an aromatic ring is 1. The third-order valence-corrected chi connectivity index (χ3v) is 6.79. The number of rotatable bonds is 9. The highest BCUT2D eigenvalue weighted by Crippen LogP contribution is 2.31. The number of nitrogens with one attached hydrogen (secondary N) is 2. The van der Waals surface area contributed by atoms with Crippen molar-refractivity contribution in [3.05, 3.63) is 66.7 Å². The van der Waals surface area contributed by atoms with Gasteiger partial charge in [0.1, 0.15) is 18.1 Å². The summed E-state index contributed by atoms with van der Waals surface area (Å²) in [4.78, 5) is 27.2. The van der Waals surface area contributed by atoms with Crippen molar-refractivity contribution >= 4 is 28.7 Å². The number of nitrogens with zero attached hydrogens (tertiary/aromatic N) is 5. The average Bonchev–Trinajstić information content (AvgIpc) is 3.55. The second-order valence-corrected chi connectivity index (χ2v) is 9.82. The Balaban J connectivity index is 1.01. The fourth-order valence-electron chi connectivity index (χ4n) is 4.84. The summed E-state index contributed by atoms with van der Waals surface area (Å²) in [5, 5.41) is 5.85. The van der Waals surface area contributed by atoms with E-state index in [9.17, 15) is 4.79 Å². The van der Waals surface area contributed by atoms with Crippen LogP contribution in [-0.2, 0) is 4.74 Å². The van der Waals surface area contributed by atoms with E-state index in [-0.39, 0.29) is 18.4 Å². The number of hydrogen-bond donors (Lipinski definition) is 3. The molecule has 2 amide bonds. The average molecular weight is 515 g/mol. The largest absolute Gasteiger partial charge is 0.382 e. The van der Waals surface area contributed by atoms with Crippen molar-refractivity contribution in [2.75, 3.05) is 37.7 Å². The summed E-state index contributed by atoms with van der Waals surface area (Å²) in [6.07, 6.45) is 5.88. The normalized spacial score (nSPS) is 17.2. The smallest absolute Gasteiger partial charge is 0.319 e. The first-order valence-electron chi connectivity index (χ1n) is 13.0. The highest BCUT2D eigenvalue weighted by Gasteiger charge is 2.28. The van der Waals surface area contributed by atoms with E-state index in [0.717, 1.165) is 43.6 Å². The topological polar surface area (TPSA) is 123 Å². The number of ether oxygens (including phenoxy) is 1. The first kappa shape index (κ1) is 25.6. The zero-order chi connectivity index (χ0) is 26.5. The van der Waals surface area contributed by atoms with E-state index in [1.54, 1.807) is 6.33 Å².